The molecule has 0 saturated carbocycles. The minimum atomic E-state index is -2.43. The fourth-order valence-corrected chi connectivity index (χ4v) is 3.55. The van der Waals surface area contributed by atoms with Gasteiger partial charge in [0.05, 0.1) is 0 Å². The Hall–Kier alpha value is 0.0169. The summed E-state index contributed by atoms with van der Waals surface area (Å²) in [6.45, 7) is 5.85. The van der Waals surface area contributed by atoms with Gasteiger partial charge in [-0.15, -0.1) is 0 Å². The van der Waals surface area contributed by atoms with Crippen molar-refractivity contribution < 1.29 is 13.3 Å². The summed E-state index contributed by atoms with van der Waals surface area (Å²) in [7, 11) is 2.49. The van der Waals surface area contributed by atoms with Crippen molar-refractivity contribution in [1.29, 1.82) is 0 Å². The van der Waals surface area contributed by atoms with Gasteiger partial charge in [-0.2, -0.15) is 0 Å². The number of hydrogen-bond donors (Lipinski definition) is 2. The summed E-state index contributed by atoms with van der Waals surface area (Å²) in [4.78, 5) is 0. The summed E-state index contributed by atoms with van der Waals surface area (Å²) in [5, 5.41) is 3.31. The zero-order chi connectivity index (χ0) is 12.6. The normalized spacial score (nSPS) is 16.1. The highest BCUT2D eigenvalue weighted by molar-refractivity contribution is 6.60. The van der Waals surface area contributed by atoms with E-state index < -0.39 is 8.80 Å². The van der Waals surface area contributed by atoms with Gasteiger partial charge >= 0.3 is 8.80 Å². The van der Waals surface area contributed by atoms with Crippen LogP contribution in [0.3, 0.4) is 0 Å². The van der Waals surface area contributed by atoms with E-state index in [1.54, 1.807) is 21.3 Å². The van der Waals surface area contributed by atoms with Gasteiger partial charge in [0, 0.05) is 40.0 Å². The molecule has 0 aromatic heterocycles. The Morgan fingerprint density at radius 1 is 1.06 bits per heavy atom. The minimum absolute atomic E-state index is 0.182. The van der Waals surface area contributed by atoms with Crippen molar-refractivity contribution in [3.05, 3.63) is 0 Å². The molecule has 0 aromatic carbocycles. The molecule has 0 aliphatic heterocycles. The molecule has 6 heteroatoms. The largest absolute Gasteiger partial charge is 0.500 e. The molecular formula is C10H26N2O3Si. The molecule has 2 unspecified atom stereocenters. The van der Waals surface area contributed by atoms with Gasteiger partial charge in [0.15, 0.2) is 0 Å². The highest BCUT2D eigenvalue weighted by Crippen LogP contribution is 2.18. The lowest BCUT2D eigenvalue weighted by molar-refractivity contribution is 0.118. The van der Waals surface area contributed by atoms with Crippen molar-refractivity contribution in [3.63, 3.8) is 0 Å². The molecule has 98 valence electrons. The fourth-order valence-electron chi connectivity index (χ4n) is 1.56. The molecule has 0 fully saturated rings. The van der Waals surface area contributed by atoms with E-state index in [1.807, 2.05) is 6.92 Å². The maximum atomic E-state index is 5.66. The summed E-state index contributed by atoms with van der Waals surface area (Å²) in [5.41, 5.74) is 5.66. The van der Waals surface area contributed by atoms with Gasteiger partial charge in [-0.3, -0.25) is 0 Å². The molecule has 0 bridgehead atoms. The molecule has 0 saturated heterocycles. The van der Waals surface area contributed by atoms with E-state index in [9.17, 15) is 0 Å². The molecule has 0 aliphatic rings. The van der Waals surface area contributed by atoms with E-state index in [0.29, 0.717) is 5.92 Å². The summed E-state index contributed by atoms with van der Waals surface area (Å²) < 4.78 is 16.1. The maximum absolute atomic E-state index is 5.66. The zero-order valence-corrected chi connectivity index (χ0v) is 12.1. The Labute approximate surface area is 100 Å². The smallest absolute Gasteiger partial charge is 0.377 e. The van der Waals surface area contributed by atoms with Crippen molar-refractivity contribution >= 4 is 8.80 Å². The van der Waals surface area contributed by atoms with Gasteiger partial charge in [-0.1, -0.05) is 6.92 Å². The third-order valence-corrected chi connectivity index (χ3v) is 5.55. The van der Waals surface area contributed by atoms with Gasteiger partial charge in [-0.05, 0) is 19.4 Å². The molecule has 0 radical (unpaired) electrons. The number of hydrogen-bond acceptors (Lipinski definition) is 5. The predicted octanol–water partition coefficient (Wildman–Crippen LogP) is 0.437. The van der Waals surface area contributed by atoms with Crippen LogP contribution < -0.4 is 11.1 Å². The van der Waals surface area contributed by atoms with Gasteiger partial charge in [0.1, 0.15) is 0 Å². The Balaban J connectivity index is 3.95. The first-order valence-electron chi connectivity index (χ1n) is 5.61. The molecular weight excluding hydrogens is 224 g/mol. The molecule has 3 N–H and O–H groups in total. The number of nitrogens with two attached hydrogens (primary N) is 1. The van der Waals surface area contributed by atoms with Crippen LogP contribution in [0.5, 0.6) is 0 Å². The van der Waals surface area contributed by atoms with Gasteiger partial charge in [0.2, 0.25) is 0 Å². The molecule has 0 aliphatic carbocycles. The van der Waals surface area contributed by atoms with Crippen LogP contribution in [0.4, 0.5) is 0 Å². The van der Waals surface area contributed by atoms with E-state index >= 15 is 0 Å². The van der Waals surface area contributed by atoms with Crippen LogP contribution in [-0.4, -0.2) is 49.3 Å². The second-order valence-electron chi connectivity index (χ2n) is 4.24. The SMILES string of the molecule is CO[Si](CC(C)CNCC(C)N)(OC)OC. The first-order valence-corrected chi connectivity index (χ1v) is 7.54. The number of nitrogens with one attached hydrogen (secondary N) is 1. The molecule has 5 nitrogen and oxygen atoms in total. The topological polar surface area (TPSA) is 65.7 Å². The summed E-state index contributed by atoms with van der Waals surface area (Å²) >= 11 is 0. The Bertz CT molecular complexity index is 169. The molecule has 0 spiro atoms. The average Bonchev–Trinajstić information content (AvgIpc) is 2.25. The van der Waals surface area contributed by atoms with Crippen LogP contribution in [0.2, 0.25) is 6.04 Å². The lowest BCUT2D eigenvalue weighted by atomic mass is 10.2. The van der Waals surface area contributed by atoms with Crippen LogP contribution in [0.1, 0.15) is 13.8 Å². The highest BCUT2D eigenvalue weighted by Gasteiger charge is 2.39. The number of rotatable bonds is 9. The van der Waals surface area contributed by atoms with Crippen molar-refractivity contribution in [1.82, 2.24) is 5.32 Å². The van der Waals surface area contributed by atoms with Crippen LogP contribution >= 0.6 is 0 Å². The van der Waals surface area contributed by atoms with Crippen molar-refractivity contribution in [2.24, 2.45) is 11.7 Å². The van der Waals surface area contributed by atoms with Crippen LogP contribution in [0.25, 0.3) is 0 Å². The molecule has 2 atom stereocenters. The Morgan fingerprint density at radius 2 is 1.56 bits per heavy atom. The van der Waals surface area contributed by atoms with E-state index in [4.69, 9.17) is 19.0 Å². The average molecular weight is 250 g/mol. The van der Waals surface area contributed by atoms with Crippen LogP contribution in [-0.2, 0) is 13.3 Å². The molecule has 0 heterocycles. The zero-order valence-electron chi connectivity index (χ0n) is 11.1. The monoisotopic (exact) mass is 250 g/mol. The van der Waals surface area contributed by atoms with Crippen LogP contribution in [0, 0.1) is 5.92 Å². The van der Waals surface area contributed by atoms with Crippen molar-refractivity contribution in [2.45, 2.75) is 25.9 Å². The van der Waals surface area contributed by atoms with Crippen molar-refractivity contribution in [3.8, 4) is 0 Å². The van der Waals surface area contributed by atoms with E-state index in [1.165, 1.54) is 0 Å². The van der Waals surface area contributed by atoms with Crippen LogP contribution in [0.15, 0.2) is 0 Å². The molecule has 16 heavy (non-hydrogen) atoms. The van der Waals surface area contributed by atoms with Crippen molar-refractivity contribution in [2.75, 3.05) is 34.4 Å². The standard InChI is InChI=1S/C10H26N2O3Si/c1-9(6-12-7-10(2)11)8-16(13-3,14-4)15-5/h9-10,12H,6-8,11H2,1-5H3. The lowest BCUT2D eigenvalue weighted by Gasteiger charge is -2.27. The molecule has 0 aromatic rings. The summed E-state index contributed by atoms with van der Waals surface area (Å²) in [5.74, 6) is 0.435. The third-order valence-electron chi connectivity index (χ3n) is 2.49. The molecule has 0 rings (SSSR count). The third kappa shape index (κ3) is 5.93. The quantitative estimate of drug-likeness (QED) is 0.581. The van der Waals surface area contributed by atoms with Gasteiger partial charge in [-0.25, -0.2) is 0 Å². The van der Waals surface area contributed by atoms with E-state index in [2.05, 4.69) is 12.2 Å². The maximum Gasteiger partial charge on any atom is 0.500 e. The lowest BCUT2D eigenvalue weighted by Crippen LogP contribution is -2.45. The van der Waals surface area contributed by atoms with E-state index in [0.717, 1.165) is 19.1 Å². The second-order valence-corrected chi connectivity index (χ2v) is 7.24. The predicted molar refractivity (Wildman–Crippen MR) is 67.3 cm³/mol. The van der Waals surface area contributed by atoms with E-state index in [-0.39, 0.29) is 6.04 Å². The highest BCUT2D eigenvalue weighted by atomic mass is 28.4. The Kier molecular flexibility index (Phi) is 8.17. The minimum Gasteiger partial charge on any atom is -0.377 e. The first kappa shape index (κ1) is 16.0. The van der Waals surface area contributed by atoms with Gasteiger partial charge < -0.3 is 24.3 Å². The first-order chi connectivity index (χ1) is 7.49. The summed E-state index contributed by atoms with van der Waals surface area (Å²) in [6, 6.07) is 0.990. The molecule has 0 amide bonds. The summed E-state index contributed by atoms with van der Waals surface area (Å²) in [6.07, 6.45) is 0. The second kappa shape index (κ2) is 8.16. The Morgan fingerprint density at radius 3 is 1.94 bits per heavy atom. The fraction of sp³-hybridized carbons (Fsp3) is 1.00. The van der Waals surface area contributed by atoms with Gasteiger partial charge in [0.25, 0.3) is 0 Å².